The van der Waals surface area contributed by atoms with Gasteiger partial charge in [0, 0.05) is 11.0 Å². The quantitative estimate of drug-likeness (QED) is 0.504. The summed E-state index contributed by atoms with van der Waals surface area (Å²) in [6, 6.07) is 1.46. The molecule has 0 spiro atoms. The molecule has 0 bridgehead atoms. The van der Waals surface area contributed by atoms with Crippen LogP contribution in [-0.4, -0.2) is 6.54 Å². The van der Waals surface area contributed by atoms with Gasteiger partial charge < -0.3 is 15.5 Å². The standard InChI is InChI=1S/C16H26BrNO2.Ni/c1-3-5-6-7-8-9-10-18-15-12(4-2)11-13(19)16(20)14(15)17;/h11,18-20H,3-10H2,1-2H3;/q;+2/p-2. The van der Waals surface area contributed by atoms with Crippen LogP contribution in [0.25, 0.3) is 0 Å². The van der Waals surface area contributed by atoms with Gasteiger partial charge in [-0.15, -0.1) is 11.5 Å². The summed E-state index contributed by atoms with van der Waals surface area (Å²) in [6.07, 6.45) is 8.18. The van der Waals surface area contributed by atoms with Crippen molar-refractivity contribution in [2.24, 2.45) is 0 Å². The third-order valence-corrected chi connectivity index (χ3v) is 4.24. The number of hydrogen-bond donors (Lipinski definition) is 1. The second kappa shape index (κ2) is 11.2. The van der Waals surface area contributed by atoms with E-state index < -0.39 is 11.5 Å². The van der Waals surface area contributed by atoms with Crippen LogP contribution in [0, 0.1) is 0 Å². The first kappa shape index (κ1) is 20.6. The van der Waals surface area contributed by atoms with E-state index >= 15 is 0 Å². The molecule has 0 aliphatic carbocycles. The zero-order valence-electron chi connectivity index (χ0n) is 12.7. The number of halogens is 1. The van der Waals surface area contributed by atoms with E-state index in [-0.39, 0.29) is 16.5 Å². The van der Waals surface area contributed by atoms with Gasteiger partial charge in [-0.1, -0.05) is 52.0 Å². The summed E-state index contributed by atoms with van der Waals surface area (Å²) < 4.78 is 0.382. The molecule has 0 fully saturated rings. The van der Waals surface area contributed by atoms with Crippen LogP contribution in [0.4, 0.5) is 5.69 Å². The van der Waals surface area contributed by atoms with Gasteiger partial charge in [0.1, 0.15) is 0 Å². The molecular weight excluding hydrogens is 377 g/mol. The molecule has 3 nitrogen and oxygen atoms in total. The Morgan fingerprint density at radius 1 is 1.05 bits per heavy atom. The Balaban J connectivity index is 0.00000400. The van der Waals surface area contributed by atoms with Gasteiger partial charge in [-0.05, 0) is 34.3 Å². The van der Waals surface area contributed by atoms with Gasteiger partial charge in [0.15, 0.2) is 0 Å². The number of nitrogens with one attached hydrogen (secondary N) is 1. The van der Waals surface area contributed by atoms with Crippen molar-refractivity contribution in [3.05, 3.63) is 16.1 Å². The summed E-state index contributed by atoms with van der Waals surface area (Å²) in [5, 5.41) is 26.4. The fourth-order valence-corrected chi connectivity index (χ4v) is 2.84. The minimum atomic E-state index is -0.451. The first-order valence-electron chi connectivity index (χ1n) is 7.55. The second-order valence-corrected chi connectivity index (χ2v) is 5.89. The van der Waals surface area contributed by atoms with Crippen LogP contribution in [0.2, 0.25) is 0 Å². The molecule has 122 valence electrons. The molecular formula is C16H24BrNNiO2. The molecule has 0 radical (unpaired) electrons. The van der Waals surface area contributed by atoms with Crippen LogP contribution in [0.15, 0.2) is 10.5 Å². The number of rotatable bonds is 9. The molecule has 21 heavy (non-hydrogen) atoms. The fraction of sp³-hybridized carbons (Fsp3) is 0.625. The zero-order chi connectivity index (χ0) is 15.0. The van der Waals surface area contributed by atoms with Crippen molar-refractivity contribution in [2.45, 2.75) is 58.8 Å². The molecule has 0 saturated carbocycles. The average Bonchev–Trinajstić information content (AvgIpc) is 2.45. The zero-order valence-corrected chi connectivity index (χ0v) is 15.3. The number of anilines is 1. The molecule has 0 saturated heterocycles. The van der Waals surface area contributed by atoms with Crippen molar-refractivity contribution in [3.8, 4) is 11.5 Å². The van der Waals surface area contributed by atoms with E-state index in [2.05, 4.69) is 28.2 Å². The molecule has 0 unspecified atom stereocenters. The minimum absolute atomic E-state index is 0. The first-order valence-corrected chi connectivity index (χ1v) is 8.34. The molecule has 0 aliphatic rings. The van der Waals surface area contributed by atoms with Crippen molar-refractivity contribution in [3.63, 3.8) is 0 Å². The predicted octanol–water partition coefficient (Wildman–Crippen LogP) is 3.93. The van der Waals surface area contributed by atoms with Crippen molar-refractivity contribution in [2.75, 3.05) is 11.9 Å². The van der Waals surface area contributed by atoms with E-state index in [0.717, 1.165) is 30.6 Å². The third-order valence-electron chi connectivity index (χ3n) is 3.48. The molecule has 1 aromatic rings. The minimum Gasteiger partial charge on any atom is -0.873 e. The Morgan fingerprint density at radius 2 is 1.67 bits per heavy atom. The number of benzene rings is 1. The molecule has 0 heterocycles. The maximum absolute atomic E-state index is 11.7. The summed E-state index contributed by atoms with van der Waals surface area (Å²) in [7, 11) is 0. The average molecular weight is 401 g/mol. The molecule has 0 aromatic heterocycles. The largest absolute Gasteiger partial charge is 2.00 e. The van der Waals surface area contributed by atoms with Gasteiger partial charge in [0.2, 0.25) is 0 Å². The molecule has 1 rings (SSSR count). The van der Waals surface area contributed by atoms with Crippen LogP contribution in [0.1, 0.15) is 57.9 Å². The third kappa shape index (κ3) is 6.48. The van der Waals surface area contributed by atoms with E-state index in [9.17, 15) is 10.2 Å². The Labute approximate surface area is 146 Å². The van der Waals surface area contributed by atoms with Crippen LogP contribution in [0.3, 0.4) is 0 Å². The van der Waals surface area contributed by atoms with Crippen molar-refractivity contribution in [1.82, 2.24) is 0 Å². The monoisotopic (exact) mass is 399 g/mol. The van der Waals surface area contributed by atoms with Crippen LogP contribution in [0.5, 0.6) is 11.5 Å². The normalized spacial score (nSPS) is 10.2. The number of unbranched alkanes of at least 4 members (excludes halogenated alkanes) is 5. The Kier molecular flexibility index (Phi) is 11.0. The van der Waals surface area contributed by atoms with Gasteiger partial charge in [0.05, 0.1) is 5.69 Å². The smallest absolute Gasteiger partial charge is 0.873 e. The molecule has 1 N–H and O–H groups in total. The fourth-order valence-electron chi connectivity index (χ4n) is 2.25. The van der Waals surface area contributed by atoms with E-state index in [1.54, 1.807) is 0 Å². The van der Waals surface area contributed by atoms with Crippen LogP contribution in [-0.2, 0) is 22.9 Å². The molecule has 0 atom stereocenters. The first-order chi connectivity index (χ1) is 9.61. The van der Waals surface area contributed by atoms with Crippen molar-refractivity contribution in [1.29, 1.82) is 0 Å². The van der Waals surface area contributed by atoms with Crippen LogP contribution < -0.4 is 15.5 Å². The summed E-state index contributed by atoms with van der Waals surface area (Å²) in [5.74, 6) is -0.883. The van der Waals surface area contributed by atoms with Crippen molar-refractivity contribution < 1.29 is 26.7 Å². The van der Waals surface area contributed by atoms with E-state index in [1.807, 2.05) is 6.92 Å². The Morgan fingerprint density at radius 3 is 2.29 bits per heavy atom. The van der Waals surface area contributed by atoms with Crippen molar-refractivity contribution >= 4 is 21.6 Å². The molecule has 1 aromatic carbocycles. The number of hydrogen-bond acceptors (Lipinski definition) is 3. The van der Waals surface area contributed by atoms with Crippen LogP contribution >= 0.6 is 15.9 Å². The van der Waals surface area contributed by atoms with Gasteiger partial charge in [-0.3, -0.25) is 0 Å². The number of aryl methyl sites for hydroxylation is 1. The molecule has 5 heteroatoms. The van der Waals surface area contributed by atoms with Gasteiger partial charge in [-0.2, -0.15) is 0 Å². The summed E-state index contributed by atoms with van der Waals surface area (Å²) in [4.78, 5) is 0. The molecule has 0 amide bonds. The summed E-state index contributed by atoms with van der Waals surface area (Å²) in [6.45, 7) is 5.04. The van der Waals surface area contributed by atoms with E-state index in [4.69, 9.17) is 0 Å². The van der Waals surface area contributed by atoms with Gasteiger partial charge >= 0.3 is 16.5 Å². The Bertz CT molecular complexity index is 427. The second-order valence-electron chi connectivity index (χ2n) is 5.10. The summed E-state index contributed by atoms with van der Waals surface area (Å²) >= 11 is 3.25. The maximum Gasteiger partial charge on any atom is 2.00 e. The maximum atomic E-state index is 11.7. The van der Waals surface area contributed by atoms with Gasteiger partial charge in [-0.25, -0.2) is 0 Å². The van der Waals surface area contributed by atoms with E-state index in [1.165, 1.54) is 38.2 Å². The molecule has 0 aliphatic heterocycles. The Hall–Kier alpha value is -0.406. The topological polar surface area (TPSA) is 58.1 Å². The van der Waals surface area contributed by atoms with Gasteiger partial charge in [0.25, 0.3) is 0 Å². The summed E-state index contributed by atoms with van der Waals surface area (Å²) in [5.41, 5.74) is 1.71. The SMILES string of the molecule is CCCCCCCCNc1c(CC)cc([O-])c([O-])c1Br.[Ni+2]. The predicted molar refractivity (Wildman–Crippen MR) is 84.3 cm³/mol. The van der Waals surface area contributed by atoms with E-state index in [0.29, 0.717) is 4.47 Å².